The van der Waals surface area contributed by atoms with Crippen molar-refractivity contribution in [2.45, 2.75) is 12.5 Å². The van der Waals surface area contributed by atoms with E-state index in [1.165, 1.54) is 18.2 Å². The average Bonchev–Trinajstić information content (AvgIpc) is 3.09. The minimum atomic E-state index is -0.894. The summed E-state index contributed by atoms with van der Waals surface area (Å²) in [6, 6.07) is 12.9. The summed E-state index contributed by atoms with van der Waals surface area (Å²) >= 11 is 0. The number of aromatic nitrogens is 3. The van der Waals surface area contributed by atoms with Crippen molar-refractivity contribution in [3.8, 4) is 11.6 Å². The standard InChI is InChI=1S/C21H17FN4O3/c22-13-6-2-4-8-15(13)26-20(28)16(19(27)25-21(26)29)18-17-12(9-10-23-18)11-5-1-3-7-14(11)24-17/h1-8,18,23-24,28H,9-10H2,(H,25,27,29)/p+1/t18-/m1/s1. The topological polar surface area (TPSA) is 107 Å². The van der Waals surface area contributed by atoms with Gasteiger partial charge in [0.2, 0.25) is 5.88 Å². The fourth-order valence-corrected chi connectivity index (χ4v) is 4.21. The molecule has 1 aliphatic heterocycles. The molecule has 0 aliphatic carbocycles. The molecule has 0 spiro atoms. The van der Waals surface area contributed by atoms with Gasteiger partial charge >= 0.3 is 5.69 Å². The van der Waals surface area contributed by atoms with E-state index >= 15 is 0 Å². The summed E-state index contributed by atoms with van der Waals surface area (Å²) < 4.78 is 15.1. The molecule has 0 bridgehead atoms. The lowest BCUT2D eigenvalue weighted by molar-refractivity contribution is -0.690. The molecule has 7 nitrogen and oxygen atoms in total. The lowest BCUT2D eigenvalue weighted by Crippen LogP contribution is -2.87. The number of nitrogens with zero attached hydrogens (tertiary/aromatic N) is 1. The number of H-pyrrole nitrogens is 2. The van der Waals surface area contributed by atoms with Crippen LogP contribution in [0.2, 0.25) is 0 Å². The van der Waals surface area contributed by atoms with Crippen molar-refractivity contribution in [2.75, 3.05) is 6.54 Å². The van der Waals surface area contributed by atoms with Gasteiger partial charge in [-0.25, -0.2) is 13.8 Å². The lowest BCUT2D eigenvalue weighted by Gasteiger charge is -2.22. The lowest BCUT2D eigenvalue weighted by atomic mass is 9.95. The first-order chi connectivity index (χ1) is 14.1. The Kier molecular flexibility index (Phi) is 3.88. The van der Waals surface area contributed by atoms with Gasteiger partial charge in [0.1, 0.15) is 11.4 Å². The van der Waals surface area contributed by atoms with Crippen LogP contribution in [0.4, 0.5) is 4.39 Å². The molecule has 0 saturated heterocycles. The highest BCUT2D eigenvalue weighted by Crippen LogP contribution is 2.32. The van der Waals surface area contributed by atoms with Crippen LogP contribution < -0.4 is 16.6 Å². The molecule has 2 aromatic heterocycles. The highest BCUT2D eigenvalue weighted by molar-refractivity contribution is 5.85. The van der Waals surface area contributed by atoms with E-state index < -0.39 is 29.0 Å². The molecule has 0 saturated carbocycles. The van der Waals surface area contributed by atoms with Crippen molar-refractivity contribution in [2.24, 2.45) is 0 Å². The molecule has 8 heteroatoms. The summed E-state index contributed by atoms with van der Waals surface area (Å²) in [5.41, 5.74) is 1.13. The monoisotopic (exact) mass is 393 g/mol. The van der Waals surface area contributed by atoms with E-state index in [1.807, 2.05) is 29.6 Å². The Morgan fingerprint density at radius 3 is 2.66 bits per heavy atom. The van der Waals surface area contributed by atoms with Gasteiger partial charge in [-0.15, -0.1) is 0 Å². The molecule has 0 radical (unpaired) electrons. The average molecular weight is 393 g/mol. The molecule has 0 amide bonds. The zero-order valence-corrected chi connectivity index (χ0v) is 15.3. The van der Waals surface area contributed by atoms with Crippen LogP contribution in [0, 0.1) is 5.82 Å². The number of nitrogens with two attached hydrogens (primary N) is 1. The number of halogens is 1. The number of hydrogen-bond donors (Lipinski definition) is 4. The second-order valence-corrected chi connectivity index (χ2v) is 7.10. The summed E-state index contributed by atoms with van der Waals surface area (Å²) in [7, 11) is 0. The molecule has 1 aliphatic rings. The van der Waals surface area contributed by atoms with E-state index in [4.69, 9.17) is 0 Å². The molecule has 3 heterocycles. The second kappa shape index (κ2) is 6.46. The molecule has 4 aromatic rings. The highest BCUT2D eigenvalue weighted by atomic mass is 19.1. The zero-order valence-electron chi connectivity index (χ0n) is 15.3. The number of rotatable bonds is 2. The van der Waals surface area contributed by atoms with Crippen LogP contribution in [0.5, 0.6) is 5.88 Å². The van der Waals surface area contributed by atoms with Crippen molar-refractivity contribution in [3.63, 3.8) is 0 Å². The van der Waals surface area contributed by atoms with Crippen LogP contribution in [0.25, 0.3) is 16.6 Å². The Morgan fingerprint density at radius 2 is 1.83 bits per heavy atom. The number of aromatic amines is 2. The third-order valence-corrected chi connectivity index (χ3v) is 5.48. The molecular formula is C21H18FN4O3+. The van der Waals surface area contributed by atoms with Gasteiger partial charge < -0.3 is 15.4 Å². The van der Waals surface area contributed by atoms with Gasteiger partial charge in [-0.3, -0.25) is 9.78 Å². The Bertz CT molecular complexity index is 1370. The summed E-state index contributed by atoms with van der Waals surface area (Å²) in [6.45, 7) is 0.706. The van der Waals surface area contributed by atoms with E-state index in [9.17, 15) is 19.1 Å². The van der Waals surface area contributed by atoms with Crippen LogP contribution >= 0.6 is 0 Å². The van der Waals surface area contributed by atoms with E-state index in [2.05, 4.69) is 9.97 Å². The first-order valence-corrected chi connectivity index (χ1v) is 9.32. The van der Waals surface area contributed by atoms with Gasteiger partial charge in [0, 0.05) is 17.3 Å². The Morgan fingerprint density at radius 1 is 1.07 bits per heavy atom. The van der Waals surface area contributed by atoms with Crippen molar-refractivity contribution in [1.82, 2.24) is 14.5 Å². The highest BCUT2D eigenvalue weighted by Gasteiger charge is 2.34. The van der Waals surface area contributed by atoms with Gasteiger partial charge in [0.15, 0.2) is 6.04 Å². The molecule has 0 fully saturated rings. The third-order valence-electron chi connectivity index (χ3n) is 5.48. The Hall–Kier alpha value is -3.65. The summed E-state index contributed by atoms with van der Waals surface area (Å²) in [5.74, 6) is -1.24. The second-order valence-electron chi connectivity index (χ2n) is 7.10. The van der Waals surface area contributed by atoms with Crippen molar-refractivity contribution in [3.05, 3.63) is 92.0 Å². The smallest absolute Gasteiger partial charge is 0.335 e. The number of benzene rings is 2. The number of para-hydroxylation sites is 2. The van der Waals surface area contributed by atoms with Gasteiger partial charge in [-0.1, -0.05) is 30.3 Å². The molecule has 2 aromatic carbocycles. The predicted molar refractivity (Wildman–Crippen MR) is 105 cm³/mol. The number of hydrogen-bond acceptors (Lipinski definition) is 3. The first kappa shape index (κ1) is 17.4. The van der Waals surface area contributed by atoms with Crippen LogP contribution in [0.1, 0.15) is 22.9 Å². The van der Waals surface area contributed by atoms with Gasteiger partial charge in [0.25, 0.3) is 5.56 Å². The minimum absolute atomic E-state index is 0.0142. The molecule has 146 valence electrons. The predicted octanol–water partition coefficient (Wildman–Crippen LogP) is 1.06. The molecule has 1 atom stereocenters. The van der Waals surface area contributed by atoms with Crippen molar-refractivity contribution in [1.29, 1.82) is 0 Å². The minimum Gasteiger partial charge on any atom is -0.494 e. The van der Waals surface area contributed by atoms with Crippen LogP contribution in [-0.4, -0.2) is 26.2 Å². The molecular weight excluding hydrogens is 375 g/mol. The quantitative estimate of drug-likeness (QED) is 0.409. The Balaban J connectivity index is 1.77. The van der Waals surface area contributed by atoms with E-state index in [1.54, 1.807) is 6.07 Å². The number of quaternary nitrogens is 1. The van der Waals surface area contributed by atoms with Crippen LogP contribution in [0.3, 0.4) is 0 Å². The maximum Gasteiger partial charge on any atom is 0.335 e. The van der Waals surface area contributed by atoms with Crippen molar-refractivity contribution < 1.29 is 14.8 Å². The fourth-order valence-electron chi connectivity index (χ4n) is 4.21. The third kappa shape index (κ3) is 2.60. The number of aromatic hydroxyl groups is 1. The molecule has 29 heavy (non-hydrogen) atoms. The van der Waals surface area contributed by atoms with E-state index in [0.717, 1.165) is 33.1 Å². The van der Waals surface area contributed by atoms with Crippen molar-refractivity contribution >= 4 is 10.9 Å². The summed E-state index contributed by atoms with van der Waals surface area (Å²) in [6.07, 6.45) is 0.807. The van der Waals surface area contributed by atoms with Crippen LogP contribution in [-0.2, 0) is 6.42 Å². The van der Waals surface area contributed by atoms with Crippen LogP contribution in [0.15, 0.2) is 58.1 Å². The van der Waals surface area contributed by atoms with E-state index in [-0.39, 0.29) is 11.3 Å². The molecule has 5 rings (SSSR count). The summed E-state index contributed by atoms with van der Waals surface area (Å²) in [4.78, 5) is 30.7. The largest absolute Gasteiger partial charge is 0.494 e. The Labute approximate surface area is 163 Å². The van der Waals surface area contributed by atoms with Gasteiger partial charge in [-0.05, 0) is 23.8 Å². The molecule has 5 N–H and O–H groups in total. The SMILES string of the molecule is O=c1[nH]c(=O)n(-c2ccccc2F)c(O)c1[C@H]1[NH2+]CCc2c1[nH]c1ccccc21. The molecule has 0 unspecified atom stereocenters. The number of nitrogens with one attached hydrogen (secondary N) is 2. The zero-order chi connectivity index (χ0) is 20.1. The number of fused-ring (bicyclic) bond motifs is 3. The van der Waals surface area contributed by atoms with Gasteiger partial charge in [0.05, 0.1) is 17.9 Å². The maximum atomic E-state index is 14.3. The first-order valence-electron chi connectivity index (χ1n) is 9.32. The normalized spacial score (nSPS) is 16.1. The van der Waals surface area contributed by atoms with Gasteiger partial charge in [-0.2, -0.15) is 0 Å². The fraction of sp³-hybridized carbons (Fsp3) is 0.143. The summed E-state index contributed by atoms with van der Waals surface area (Å²) in [5, 5.41) is 13.9. The van der Waals surface area contributed by atoms with E-state index in [0.29, 0.717) is 6.54 Å². The maximum absolute atomic E-state index is 14.3.